The molecule has 0 N–H and O–H groups in total. The summed E-state index contributed by atoms with van der Waals surface area (Å²) in [6, 6.07) is 16.4. The summed E-state index contributed by atoms with van der Waals surface area (Å²) in [5.74, 6) is 0.0692. The molecular weight excluding hydrogens is 252 g/mol. The molecule has 0 amide bonds. The lowest BCUT2D eigenvalue weighted by Crippen LogP contribution is -2.13. The monoisotopic (exact) mass is 267 g/mol. The lowest BCUT2D eigenvalue weighted by Gasteiger charge is -2.13. The third kappa shape index (κ3) is 2.16. The average Bonchev–Trinajstić information content (AvgIpc) is 2.80. The van der Waals surface area contributed by atoms with Crippen LogP contribution in [0.2, 0.25) is 0 Å². The van der Waals surface area contributed by atoms with E-state index < -0.39 is 6.16 Å². The molecule has 20 heavy (non-hydrogen) atoms. The largest absolute Gasteiger partial charge is 0.508 e. The Kier molecular flexibility index (Phi) is 3.42. The summed E-state index contributed by atoms with van der Waals surface area (Å²) in [5, 5.41) is 0. The quantitative estimate of drug-likeness (QED) is 0.794. The molecule has 0 bridgehead atoms. The summed E-state index contributed by atoms with van der Waals surface area (Å²) >= 11 is 0. The maximum atomic E-state index is 11.3. The Morgan fingerprint density at radius 3 is 2.05 bits per heavy atom. The molecule has 2 aromatic carbocycles. The van der Waals surface area contributed by atoms with E-state index in [1.165, 1.54) is 22.3 Å². The number of carbonyl (C=O) groups is 1. The van der Waals surface area contributed by atoms with Crippen molar-refractivity contribution in [2.75, 3.05) is 13.2 Å². The number of carbonyl (C=O) groups excluding carboxylic acids is 1. The summed E-state index contributed by atoms with van der Waals surface area (Å²) in [6.45, 7) is 3.82. The Morgan fingerprint density at radius 1 is 0.950 bits per heavy atom. The third-order valence-corrected chi connectivity index (χ3v) is 3.55. The third-order valence-electron chi connectivity index (χ3n) is 3.55. The number of fused-ring (bicyclic) bond motifs is 3. The molecule has 1 aliphatic rings. The van der Waals surface area contributed by atoms with E-state index in [2.05, 4.69) is 31.2 Å². The highest BCUT2D eigenvalue weighted by Gasteiger charge is 2.29. The van der Waals surface area contributed by atoms with Gasteiger partial charge in [-0.15, -0.1) is 0 Å². The van der Waals surface area contributed by atoms with E-state index in [1.54, 1.807) is 0 Å². The number of hydrogen-bond donors (Lipinski definition) is 0. The smallest absolute Gasteiger partial charge is 0.434 e. The molecule has 0 heterocycles. The SMILES string of the molecule is [CH2]COC(=O)OCC1c2ccccc2-c2ccccc21. The fourth-order valence-corrected chi connectivity index (χ4v) is 2.72. The van der Waals surface area contributed by atoms with Gasteiger partial charge in [0, 0.05) is 5.92 Å². The van der Waals surface area contributed by atoms with Gasteiger partial charge in [0.2, 0.25) is 0 Å². The van der Waals surface area contributed by atoms with Gasteiger partial charge in [-0.3, -0.25) is 0 Å². The molecule has 0 atom stereocenters. The van der Waals surface area contributed by atoms with Gasteiger partial charge in [0.15, 0.2) is 0 Å². The first-order chi connectivity index (χ1) is 9.81. The molecule has 1 radical (unpaired) electrons. The second-order valence-electron chi connectivity index (χ2n) is 4.64. The summed E-state index contributed by atoms with van der Waals surface area (Å²) in [5.41, 5.74) is 4.80. The molecule has 0 saturated heterocycles. The summed E-state index contributed by atoms with van der Waals surface area (Å²) in [7, 11) is 0. The first kappa shape index (κ1) is 12.7. The first-order valence-electron chi connectivity index (χ1n) is 6.58. The minimum absolute atomic E-state index is 0.0692. The molecule has 0 saturated carbocycles. The fraction of sp³-hybridized carbons (Fsp3) is 0.176. The van der Waals surface area contributed by atoms with Gasteiger partial charge in [0.05, 0.1) is 6.61 Å². The van der Waals surface area contributed by atoms with E-state index in [-0.39, 0.29) is 19.1 Å². The van der Waals surface area contributed by atoms with Crippen LogP contribution < -0.4 is 0 Å². The van der Waals surface area contributed by atoms with Gasteiger partial charge in [0.25, 0.3) is 0 Å². The molecule has 3 rings (SSSR count). The summed E-state index contributed by atoms with van der Waals surface area (Å²) in [4.78, 5) is 11.3. The summed E-state index contributed by atoms with van der Waals surface area (Å²) < 4.78 is 9.88. The average molecular weight is 267 g/mol. The van der Waals surface area contributed by atoms with E-state index in [9.17, 15) is 4.79 Å². The zero-order valence-corrected chi connectivity index (χ0v) is 11.0. The van der Waals surface area contributed by atoms with Crippen LogP contribution in [0, 0.1) is 6.92 Å². The molecular formula is C17H15O3. The van der Waals surface area contributed by atoms with Crippen molar-refractivity contribution in [3.63, 3.8) is 0 Å². The highest BCUT2D eigenvalue weighted by molar-refractivity contribution is 5.78. The minimum atomic E-state index is -0.665. The van der Waals surface area contributed by atoms with Gasteiger partial charge in [-0.05, 0) is 29.2 Å². The highest BCUT2D eigenvalue weighted by Crippen LogP contribution is 2.44. The maximum absolute atomic E-state index is 11.3. The van der Waals surface area contributed by atoms with Crippen LogP contribution >= 0.6 is 0 Å². The molecule has 0 fully saturated rings. The molecule has 0 unspecified atom stereocenters. The molecule has 2 aromatic rings. The van der Waals surface area contributed by atoms with Crippen LogP contribution in [-0.4, -0.2) is 19.4 Å². The molecule has 0 aliphatic heterocycles. The molecule has 1 aliphatic carbocycles. The summed E-state index contributed by atoms with van der Waals surface area (Å²) in [6.07, 6.45) is -0.665. The molecule has 101 valence electrons. The van der Waals surface area contributed by atoms with Crippen LogP contribution in [-0.2, 0) is 9.47 Å². The second kappa shape index (κ2) is 5.37. The zero-order chi connectivity index (χ0) is 13.9. The van der Waals surface area contributed by atoms with Gasteiger partial charge in [0.1, 0.15) is 6.61 Å². The van der Waals surface area contributed by atoms with Crippen molar-refractivity contribution in [2.45, 2.75) is 5.92 Å². The van der Waals surface area contributed by atoms with Crippen molar-refractivity contribution in [1.29, 1.82) is 0 Å². The van der Waals surface area contributed by atoms with Crippen LogP contribution in [0.4, 0.5) is 4.79 Å². The van der Waals surface area contributed by atoms with Crippen molar-refractivity contribution < 1.29 is 14.3 Å². The van der Waals surface area contributed by atoms with E-state index in [0.29, 0.717) is 0 Å². The lowest BCUT2D eigenvalue weighted by atomic mass is 9.98. The second-order valence-corrected chi connectivity index (χ2v) is 4.64. The first-order valence-corrected chi connectivity index (χ1v) is 6.58. The maximum Gasteiger partial charge on any atom is 0.508 e. The van der Waals surface area contributed by atoms with Crippen LogP contribution in [0.1, 0.15) is 17.0 Å². The van der Waals surface area contributed by atoms with Crippen molar-refractivity contribution >= 4 is 6.16 Å². The number of benzene rings is 2. The Labute approximate surface area is 118 Å². The van der Waals surface area contributed by atoms with Gasteiger partial charge in [-0.25, -0.2) is 4.79 Å². The van der Waals surface area contributed by atoms with E-state index in [1.807, 2.05) is 24.3 Å². The Morgan fingerprint density at radius 2 is 1.50 bits per heavy atom. The van der Waals surface area contributed by atoms with Crippen molar-refractivity contribution in [3.8, 4) is 11.1 Å². The lowest BCUT2D eigenvalue weighted by molar-refractivity contribution is 0.0608. The van der Waals surface area contributed by atoms with Gasteiger partial charge >= 0.3 is 6.16 Å². The number of rotatable bonds is 3. The van der Waals surface area contributed by atoms with Gasteiger partial charge < -0.3 is 9.47 Å². The van der Waals surface area contributed by atoms with Crippen LogP contribution in [0.25, 0.3) is 11.1 Å². The Balaban J connectivity index is 1.89. The van der Waals surface area contributed by atoms with E-state index in [4.69, 9.17) is 9.47 Å². The number of hydrogen-bond acceptors (Lipinski definition) is 3. The standard InChI is InChI=1S/C17H15O3/c1-2-19-17(18)20-11-16-14-9-5-3-7-12(14)13-8-4-6-10-15(13)16/h3-10,16H,1-2,11H2. The van der Waals surface area contributed by atoms with Gasteiger partial charge in [-0.2, -0.15) is 0 Å². The van der Waals surface area contributed by atoms with Gasteiger partial charge in [-0.1, -0.05) is 48.5 Å². The van der Waals surface area contributed by atoms with Crippen molar-refractivity contribution in [3.05, 3.63) is 66.6 Å². The van der Waals surface area contributed by atoms with Crippen molar-refractivity contribution in [1.82, 2.24) is 0 Å². The normalized spacial score (nSPS) is 12.7. The van der Waals surface area contributed by atoms with Crippen LogP contribution in [0.3, 0.4) is 0 Å². The molecule has 3 nitrogen and oxygen atoms in total. The van der Waals surface area contributed by atoms with Crippen LogP contribution in [0.15, 0.2) is 48.5 Å². The van der Waals surface area contributed by atoms with E-state index >= 15 is 0 Å². The highest BCUT2D eigenvalue weighted by atomic mass is 16.7. The van der Waals surface area contributed by atoms with Crippen LogP contribution in [0.5, 0.6) is 0 Å². The number of ether oxygens (including phenoxy) is 2. The predicted molar refractivity (Wildman–Crippen MR) is 76.4 cm³/mol. The Bertz CT molecular complexity index is 588. The van der Waals surface area contributed by atoms with E-state index in [0.717, 1.165) is 0 Å². The fourth-order valence-electron chi connectivity index (χ4n) is 2.72. The zero-order valence-electron chi connectivity index (χ0n) is 11.0. The molecule has 3 heteroatoms. The molecule has 0 aromatic heterocycles. The van der Waals surface area contributed by atoms with Crippen molar-refractivity contribution in [2.24, 2.45) is 0 Å². The predicted octanol–water partition coefficient (Wildman–Crippen LogP) is 3.79. The molecule has 0 spiro atoms. The minimum Gasteiger partial charge on any atom is -0.434 e. The topological polar surface area (TPSA) is 35.5 Å². The Hall–Kier alpha value is -2.29.